The molecule has 1 radical (unpaired) electrons. The van der Waals surface area contributed by atoms with Gasteiger partial charge in [-0.25, -0.2) is 0 Å². The zero-order valence-electron chi connectivity index (χ0n) is 16.7. The Hall–Kier alpha value is -1.04. The monoisotopic (exact) mass is 329 g/mol. The van der Waals surface area contributed by atoms with Crippen molar-refractivity contribution in [3.05, 3.63) is 54.5 Å². The normalized spacial score (nSPS) is 12.8. The molecule has 0 heteroatoms. The van der Waals surface area contributed by atoms with Crippen LogP contribution in [0.15, 0.2) is 48.6 Å². The van der Waals surface area contributed by atoms with Gasteiger partial charge in [0.25, 0.3) is 0 Å². The van der Waals surface area contributed by atoms with Gasteiger partial charge in [-0.05, 0) is 77.6 Å². The lowest BCUT2D eigenvalue weighted by Crippen LogP contribution is -2.03. The van der Waals surface area contributed by atoms with E-state index in [1.807, 2.05) is 6.08 Å². The summed E-state index contributed by atoms with van der Waals surface area (Å²) < 4.78 is 0. The Balaban J connectivity index is 4.71. The summed E-state index contributed by atoms with van der Waals surface area (Å²) in [6.07, 6.45) is 28.5. The van der Waals surface area contributed by atoms with Crippen molar-refractivity contribution >= 4 is 0 Å². The Morgan fingerprint density at radius 1 is 0.792 bits per heavy atom. The zero-order chi connectivity index (χ0) is 17.9. The van der Waals surface area contributed by atoms with Crippen molar-refractivity contribution in [3.63, 3.8) is 0 Å². The van der Waals surface area contributed by atoms with Crippen molar-refractivity contribution < 1.29 is 0 Å². The molecule has 0 saturated heterocycles. The summed E-state index contributed by atoms with van der Waals surface area (Å²) in [5.74, 6) is 1.72. The predicted octanol–water partition coefficient (Wildman–Crippen LogP) is 8.53. The summed E-state index contributed by atoms with van der Waals surface area (Å²) in [6, 6.07) is 0. The molecule has 24 heavy (non-hydrogen) atoms. The van der Waals surface area contributed by atoms with E-state index >= 15 is 0 Å². The van der Waals surface area contributed by atoms with Crippen LogP contribution in [0.25, 0.3) is 0 Å². The van der Waals surface area contributed by atoms with E-state index in [0.717, 1.165) is 12.8 Å². The zero-order valence-corrected chi connectivity index (χ0v) is 16.7. The molecule has 0 aromatic rings. The molecule has 0 saturated carbocycles. The Morgan fingerprint density at radius 2 is 1.62 bits per heavy atom. The van der Waals surface area contributed by atoms with E-state index in [9.17, 15) is 0 Å². The number of rotatable bonds is 16. The lowest BCUT2D eigenvalue weighted by molar-refractivity contribution is 0.658. The molecule has 0 aliphatic carbocycles. The second-order valence-corrected chi connectivity index (χ2v) is 6.54. The first-order chi connectivity index (χ1) is 11.8. The fraction of sp³-hybridized carbons (Fsp3) is 0.625. The number of allylic oxidation sites excluding steroid dienone is 7. The largest absolute Gasteiger partial charge is 0.103 e. The second kappa shape index (κ2) is 18.3. The lowest BCUT2D eigenvalue weighted by Gasteiger charge is -2.20. The van der Waals surface area contributed by atoms with Gasteiger partial charge < -0.3 is 0 Å². The average molecular weight is 330 g/mol. The summed E-state index contributed by atoms with van der Waals surface area (Å²) in [4.78, 5) is 0. The highest BCUT2D eigenvalue weighted by atomic mass is 14.2. The van der Waals surface area contributed by atoms with Crippen LogP contribution in [0.1, 0.15) is 97.8 Å². The molecule has 0 aromatic carbocycles. The highest BCUT2D eigenvalue weighted by Gasteiger charge is 2.13. The topological polar surface area (TPSA) is 0 Å². The maximum absolute atomic E-state index is 3.84. The van der Waals surface area contributed by atoms with Gasteiger partial charge >= 0.3 is 0 Å². The Labute approximate surface area is 152 Å². The molecule has 0 aliphatic rings. The molecule has 0 heterocycles. The van der Waals surface area contributed by atoms with Crippen LogP contribution >= 0.6 is 0 Å². The molecular weight excluding hydrogens is 288 g/mol. The van der Waals surface area contributed by atoms with Gasteiger partial charge in [0.15, 0.2) is 0 Å². The van der Waals surface area contributed by atoms with Crippen molar-refractivity contribution in [2.45, 2.75) is 97.8 Å². The minimum atomic E-state index is 1.15. The van der Waals surface area contributed by atoms with Gasteiger partial charge in [0.2, 0.25) is 0 Å². The van der Waals surface area contributed by atoms with Gasteiger partial charge in [-0.3, -0.25) is 0 Å². The summed E-state index contributed by atoms with van der Waals surface area (Å²) in [5.41, 5.74) is 1.66. The molecule has 0 aliphatic heterocycles. The maximum atomic E-state index is 3.84. The number of hydrogen-bond donors (Lipinski definition) is 0. The minimum Gasteiger partial charge on any atom is -0.103 e. The van der Waals surface area contributed by atoms with E-state index < -0.39 is 0 Å². The number of unbranched alkanes of at least 4 members (excludes halogenated alkanes) is 4. The summed E-state index contributed by atoms with van der Waals surface area (Å²) in [7, 11) is 0. The second-order valence-electron chi connectivity index (χ2n) is 6.54. The highest BCUT2D eigenvalue weighted by Crippen LogP contribution is 2.30. The predicted molar refractivity (Wildman–Crippen MR) is 112 cm³/mol. The van der Waals surface area contributed by atoms with Crippen LogP contribution < -0.4 is 0 Å². The van der Waals surface area contributed by atoms with Crippen LogP contribution in [0.2, 0.25) is 0 Å². The third-order valence-electron chi connectivity index (χ3n) is 4.34. The van der Waals surface area contributed by atoms with E-state index in [4.69, 9.17) is 0 Å². The molecule has 0 fully saturated rings. The maximum Gasteiger partial charge on any atom is 0.000861 e. The molecule has 0 rings (SSSR count). The van der Waals surface area contributed by atoms with Gasteiger partial charge in [0.05, 0.1) is 0 Å². The fourth-order valence-corrected chi connectivity index (χ4v) is 2.93. The van der Waals surface area contributed by atoms with Crippen LogP contribution in [-0.2, 0) is 0 Å². The molecule has 137 valence electrons. The van der Waals surface area contributed by atoms with E-state index in [1.165, 1.54) is 64.2 Å². The Bertz CT molecular complexity index is 356. The third kappa shape index (κ3) is 13.4. The summed E-state index contributed by atoms with van der Waals surface area (Å²) in [5, 5.41) is 0. The quantitative estimate of drug-likeness (QED) is 0.196. The number of hydrogen-bond acceptors (Lipinski definition) is 0. The van der Waals surface area contributed by atoms with Crippen molar-refractivity contribution in [1.82, 2.24) is 0 Å². The Kier molecular flexibility index (Phi) is 17.5. The Morgan fingerprint density at radius 3 is 2.29 bits per heavy atom. The van der Waals surface area contributed by atoms with Gasteiger partial charge in [0.1, 0.15) is 0 Å². The smallest absolute Gasteiger partial charge is 0.000861 e. The van der Waals surface area contributed by atoms with Crippen LogP contribution in [0.3, 0.4) is 0 Å². The van der Waals surface area contributed by atoms with Crippen molar-refractivity contribution in [1.29, 1.82) is 0 Å². The molecular formula is C24H41. The molecule has 0 nitrogen and oxygen atoms in total. The first-order valence-electron chi connectivity index (χ1n) is 10.2. The van der Waals surface area contributed by atoms with E-state index in [2.05, 4.69) is 57.7 Å². The fourth-order valence-electron chi connectivity index (χ4n) is 2.93. The van der Waals surface area contributed by atoms with Crippen molar-refractivity contribution in [3.8, 4) is 0 Å². The standard InChI is InChI=1S/C24H41/c1-5-9-13-16-20-23(19-12-8-4)24(21-17-14-10-6-2)22-18-15-11-7-3/h5-6,10-11,15,19H,1,7-9,12-14,16-18,20-22H2,2-4H3. The highest BCUT2D eigenvalue weighted by molar-refractivity contribution is 5.24. The molecule has 0 spiro atoms. The van der Waals surface area contributed by atoms with Crippen molar-refractivity contribution in [2.24, 2.45) is 0 Å². The minimum absolute atomic E-state index is 1.15. The molecule has 0 unspecified atom stereocenters. The third-order valence-corrected chi connectivity index (χ3v) is 4.34. The lowest BCUT2D eigenvalue weighted by atomic mass is 9.85. The SMILES string of the molecule is C=CCCCCC(=CCCC)[C](CCC=CCC)CCCC=CC. The molecule has 0 atom stereocenters. The summed E-state index contributed by atoms with van der Waals surface area (Å²) in [6.45, 7) is 10.5. The van der Waals surface area contributed by atoms with E-state index in [1.54, 1.807) is 11.5 Å². The van der Waals surface area contributed by atoms with Gasteiger partial charge in [-0.1, -0.05) is 62.3 Å². The first-order valence-corrected chi connectivity index (χ1v) is 10.2. The van der Waals surface area contributed by atoms with Crippen LogP contribution in [0, 0.1) is 5.92 Å². The molecule has 0 bridgehead atoms. The van der Waals surface area contributed by atoms with Crippen LogP contribution in [0.4, 0.5) is 0 Å². The van der Waals surface area contributed by atoms with E-state index in [-0.39, 0.29) is 0 Å². The molecule has 0 N–H and O–H groups in total. The van der Waals surface area contributed by atoms with Crippen LogP contribution in [0.5, 0.6) is 0 Å². The van der Waals surface area contributed by atoms with Crippen molar-refractivity contribution in [2.75, 3.05) is 0 Å². The van der Waals surface area contributed by atoms with Gasteiger partial charge in [-0.2, -0.15) is 0 Å². The van der Waals surface area contributed by atoms with Crippen LogP contribution in [-0.4, -0.2) is 0 Å². The summed E-state index contributed by atoms with van der Waals surface area (Å²) >= 11 is 0. The first kappa shape index (κ1) is 23.0. The molecule has 0 amide bonds. The average Bonchev–Trinajstić information content (AvgIpc) is 2.60. The molecule has 0 aromatic heterocycles. The van der Waals surface area contributed by atoms with Gasteiger partial charge in [0, 0.05) is 5.92 Å². The van der Waals surface area contributed by atoms with Gasteiger partial charge in [-0.15, -0.1) is 6.58 Å². The van der Waals surface area contributed by atoms with E-state index in [0.29, 0.717) is 0 Å².